The van der Waals surface area contributed by atoms with Gasteiger partial charge >= 0.3 is 6.09 Å². The molecule has 0 radical (unpaired) electrons. The molecule has 0 bridgehead atoms. The summed E-state index contributed by atoms with van der Waals surface area (Å²) in [7, 11) is 3.32. The number of hydrogen-bond acceptors (Lipinski definition) is 7. The van der Waals surface area contributed by atoms with Crippen LogP contribution in [0.5, 0.6) is 5.75 Å². The first-order valence-electron chi connectivity index (χ1n) is 9.33. The van der Waals surface area contributed by atoms with Gasteiger partial charge in [-0.25, -0.2) is 9.78 Å². The van der Waals surface area contributed by atoms with Gasteiger partial charge in [-0.05, 0) is 17.7 Å². The Kier molecular flexibility index (Phi) is 5.38. The maximum absolute atomic E-state index is 12.5. The van der Waals surface area contributed by atoms with Gasteiger partial charge in [0.2, 0.25) is 5.95 Å². The van der Waals surface area contributed by atoms with Crippen molar-refractivity contribution in [3.05, 3.63) is 45.9 Å². The van der Waals surface area contributed by atoms with Crippen LogP contribution in [0.15, 0.2) is 29.2 Å². The van der Waals surface area contributed by atoms with Crippen molar-refractivity contribution in [2.75, 3.05) is 32.6 Å². The van der Waals surface area contributed by atoms with Gasteiger partial charge < -0.3 is 14.6 Å². The molecule has 1 aliphatic heterocycles. The average molecular weight is 414 g/mol. The number of carbonyl (C=O) groups is 1. The van der Waals surface area contributed by atoms with E-state index in [0.717, 1.165) is 30.8 Å². The molecule has 1 aliphatic rings. The number of aromatic amines is 1. The fourth-order valence-electron chi connectivity index (χ4n) is 3.56. The zero-order valence-electron chi connectivity index (χ0n) is 16.6. The molecular formula is C19H22N6O5. The lowest BCUT2D eigenvalue weighted by molar-refractivity contribution is -0.0334. The van der Waals surface area contributed by atoms with E-state index in [-0.39, 0.29) is 17.6 Å². The molecule has 4 rings (SSSR count). The molecule has 1 fully saturated rings. The number of rotatable bonds is 7. The molecule has 30 heavy (non-hydrogen) atoms. The Morgan fingerprint density at radius 2 is 2.13 bits per heavy atom. The standard InChI is InChI=1S/C19H22N6O5/c1-29-13-9-24(10-13)7-11-3-4-15(30-2)12(5-11)8-25-16-14(6-20-25)21-18(22-17(16)26)23-19(27)28/h3-6,13H,7-10H2,1-2H3,(H,27,28)(H2,21,22,23,26). The minimum Gasteiger partial charge on any atom is -0.496 e. The van der Waals surface area contributed by atoms with Crippen LogP contribution in [0.25, 0.3) is 11.0 Å². The van der Waals surface area contributed by atoms with Crippen molar-refractivity contribution in [3.63, 3.8) is 0 Å². The molecule has 0 saturated carbocycles. The molecule has 1 saturated heterocycles. The molecule has 0 spiro atoms. The summed E-state index contributed by atoms with van der Waals surface area (Å²) in [5, 5.41) is 15.1. The number of aromatic nitrogens is 4. The van der Waals surface area contributed by atoms with Crippen LogP contribution in [-0.2, 0) is 17.8 Å². The summed E-state index contributed by atoms with van der Waals surface area (Å²) in [6.45, 7) is 2.89. The number of amides is 1. The quantitative estimate of drug-likeness (QED) is 0.523. The first-order chi connectivity index (χ1) is 14.5. The van der Waals surface area contributed by atoms with Crippen molar-refractivity contribution < 1.29 is 19.4 Å². The molecule has 11 heteroatoms. The third-order valence-corrected chi connectivity index (χ3v) is 5.05. The number of nitrogens with one attached hydrogen (secondary N) is 2. The molecule has 158 valence electrons. The van der Waals surface area contributed by atoms with Crippen LogP contribution in [0.3, 0.4) is 0 Å². The van der Waals surface area contributed by atoms with E-state index in [4.69, 9.17) is 14.6 Å². The molecule has 2 aromatic heterocycles. The molecular weight excluding hydrogens is 392 g/mol. The lowest BCUT2D eigenvalue weighted by Crippen LogP contribution is -2.50. The van der Waals surface area contributed by atoms with Crippen LogP contribution in [0.1, 0.15) is 11.1 Å². The highest BCUT2D eigenvalue weighted by Gasteiger charge is 2.26. The highest BCUT2D eigenvalue weighted by atomic mass is 16.5. The summed E-state index contributed by atoms with van der Waals surface area (Å²) < 4.78 is 12.3. The number of fused-ring (bicyclic) bond motifs is 1. The van der Waals surface area contributed by atoms with Gasteiger partial charge in [0.05, 0.1) is 26.0 Å². The predicted molar refractivity (Wildman–Crippen MR) is 108 cm³/mol. The lowest BCUT2D eigenvalue weighted by atomic mass is 10.1. The van der Waals surface area contributed by atoms with Crippen LogP contribution < -0.4 is 15.6 Å². The van der Waals surface area contributed by atoms with Crippen LogP contribution in [0.2, 0.25) is 0 Å². The minimum atomic E-state index is -1.31. The molecule has 1 amide bonds. The molecule has 0 aliphatic carbocycles. The number of hydrogen-bond donors (Lipinski definition) is 3. The zero-order chi connectivity index (χ0) is 21.3. The Balaban J connectivity index is 1.60. The summed E-state index contributed by atoms with van der Waals surface area (Å²) in [5.74, 6) is 0.539. The number of ether oxygens (including phenoxy) is 2. The first kappa shape index (κ1) is 19.9. The molecule has 11 nitrogen and oxygen atoms in total. The molecule has 0 atom stereocenters. The number of nitrogens with zero attached hydrogens (tertiary/aromatic N) is 4. The first-order valence-corrected chi connectivity index (χ1v) is 9.33. The minimum absolute atomic E-state index is 0.150. The number of H-pyrrole nitrogens is 1. The second-order valence-electron chi connectivity index (χ2n) is 7.08. The van der Waals surface area contributed by atoms with E-state index in [1.807, 2.05) is 23.5 Å². The Labute approximate surface area is 171 Å². The fourth-order valence-corrected chi connectivity index (χ4v) is 3.56. The van der Waals surface area contributed by atoms with Crippen molar-refractivity contribution in [2.45, 2.75) is 19.2 Å². The van der Waals surface area contributed by atoms with Crippen LogP contribution >= 0.6 is 0 Å². The van der Waals surface area contributed by atoms with Crippen LogP contribution in [0, 0.1) is 0 Å². The largest absolute Gasteiger partial charge is 0.496 e. The number of methoxy groups -OCH3 is 2. The zero-order valence-corrected chi connectivity index (χ0v) is 16.6. The summed E-state index contributed by atoms with van der Waals surface area (Å²) in [6.07, 6.45) is 0.405. The monoisotopic (exact) mass is 414 g/mol. The number of likely N-dealkylation sites (tertiary alicyclic amines) is 1. The van der Waals surface area contributed by atoms with Gasteiger partial charge in [-0.15, -0.1) is 0 Å². The normalized spacial score (nSPS) is 14.6. The van der Waals surface area contributed by atoms with Gasteiger partial charge in [0.1, 0.15) is 11.3 Å². The predicted octanol–water partition coefficient (Wildman–Crippen LogP) is 1.10. The highest BCUT2D eigenvalue weighted by molar-refractivity contribution is 5.82. The second-order valence-corrected chi connectivity index (χ2v) is 7.08. The number of benzene rings is 1. The topological polar surface area (TPSA) is 135 Å². The van der Waals surface area contributed by atoms with Crippen LogP contribution in [-0.4, -0.2) is 69.3 Å². The van der Waals surface area contributed by atoms with Gasteiger partial charge in [0, 0.05) is 32.3 Å². The Morgan fingerprint density at radius 1 is 1.33 bits per heavy atom. The van der Waals surface area contributed by atoms with Gasteiger partial charge in [-0.2, -0.15) is 5.10 Å². The molecule has 3 heterocycles. The highest BCUT2D eigenvalue weighted by Crippen LogP contribution is 2.24. The molecule has 3 aromatic rings. The fraction of sp³-hybridized carbons (Fsp3) is 0.368. The van der Waals surface area contributed by atoms with E-state index >= 15 is 0 Å². The second kappa shape index (κ2) is 8.13. The van der Waals surface area contributed by atoms with Crippen molar-refractivity contribution >= 4 is 23.1 Å². The smallest absolute Gasteiger partial charge is 0.411 e. The van der Waals surface area contributed by atoms with E-state index in [0.29, 0.717) is 17.8 Å². The Hall–Kier alpha value is -3.44. The molecule has 1 aromatic carbocycles. The van der Waals surface area contributed by atoms with Gasteiger partial charge in [0.25, 0.3) is 5.56 Å². The maximum atomic E-state index is 12.5. The number of carboxylic acid groups (broad SMARTS) is 1. The Bertz CT molecular complexity index is 1130. The van der Waals surface area contributed by atoms with Crippen molar-refractivity contribution in [1.82, 2.24) is 24.6 Å². The summed E-state index contributed by atoms with van der Waals surface area (Å²) in [6, 6.07) is 5.96. The van der Waals surface area contributed by atoms with Gasteiger partial charge in [-0.1, -0.05) is 6.07 Å². The third kappa shape index (κ3) is 3.98. The van der Waals surface area contributed by atoms with E-state index in [1.165, 1.54) is 10.9 Å². The summed E-state index contributed by atoms with van der Waals surface area (Å²) >= 11 is 0. The van der Waals surface area contributed by atoms with Gasteiger partial charge in [0.15, 0.2) is 5.52 Å². The molecule has 0 unspecified atom stereocenters. The van der Waals surface area contributed by atoms with Crippen molar-refractivity contribution in [1.29, 1.82) is 0 Å². The van der Waals surface area contributed by atoms with Crippen molar-refractivity contribution in [2.24, 2.45) is 0 Å². The maximum Gasteiger partial charge on any atom is 0.411 e. The van der Waals surface area contributed by atoms with E-state index < -0.39 is 11.7 Å². The third-order valence-electron chi connectivity index (χ3n) is 5.05. The Morgan fingerprint density at radius 3 is 2.83 bits per heavy atom. The molecule has 3 N–H and O–H groups in total. The van der Waals surface area contributed by atoms with E-state index in [2.05, 4.69) is 20.0 Å². The van der Waals surface area contributed by atoms with Gasteiger partial charge in [-0.3, -0.25) is 24.7 Å². The summed E-state index contributed by atoms with van der Waals surface area (Å²) in [4.78, 5) is 32.1. The SMILES string of the molecule is COc1ccc(CN2CC(OC)C2)cc1Cn1ncc2nc(NC(=O)O)[nH]c(=O)c21. The lowest BCUT2D eigenvalue weighted by Gasteiger charge is -2.38. The van der Waals surface area contributed by atoms with Crippen LogP contribution in [0.4, 0.5) is 10.7 Å². The van der Waals surface area contributed by atoms with E-state index in [9.17, 15) is 9.59 Å². The van der Waals surface area contributed by atoms with E-state index in [1.54, 1.807) is 14.2 Å². The van der Waals surface area contributed by atoms with Crippen molar-refractivity contribution in [3.8, 4) is 5.75 Å². The average Bonchev–Trinajstić information content (AvgIpc) is 3.07. The number of anilines is 1. The summed E-state index contributed by atoms with van der Waals surface area (Å²) in [5.41, 5.74) is 2.06.